The summed E-state index contributed by atoms with van der Waals surface area (Å²) in [6.07, 6.45) is 0. The molecule has 0 unspecified atom stereocenters. The normalized spacial score (nSPS) is 11.8. The van der Waals surface area contributed by atoms with Crippen LogP contribution in [-0.4, -0.2) is 15.9 Å². The van der Waals surface area contributed by atoms with Crippen molar-refractivity contribution in [2.75, 3.05) is 0 Å². The molecule has 5 nitrogen and oxygen atoms in total. The molecule has 0 bridgehead atoms. The fourth-order valence-corrected chi connectivity index (χ4v) is 2.25. The first-order chi connectivity index (χ1) is 10.6. The maximum atomic E-state index is 12.1. The van der Waals surface area contributed by atoms with Gasteiger partial charge in [-0.2, -0.15) is 0 Å². The van der Waals surface area contributed by atoms with Gasteiger partial charge in [-0.3, -0.25) is 0 Å². The highest BCUT2D eigenvalue weighted by Crippen LogP contribution is 2.29. The van der Waals surface area contributed by atoms with Crippen molar-refractivity contribution in [3.63, 3.8) is 0 Å². The Bertz CT molecular complexity index is 941. The summed E-state index contributed by atoms with van der Waals surface area (Å²) in [6, 6.07) is 13.2. The molecule has 0 saturated heterocycles. The minimum absolute atomic E-state index is 0.00785. The summed E-state index contributed by atoms with van der Waals surface area (Å²) in [5.41, 5.74) is 0.199. The van der Waals surface area contributed by atoms with Crippen molar-refractivity contribution in [3.05, 3.63) is 64.5 Å². The van der Waals surface area contributed by atoms with Crippen LogP contribution in [0.25, 0.3) is 11.0 Å². The molecule has 2 aromatic carbocycles. The van der Waals surface area contributed by atoms with E-state index in [2.05, 4.69) is 4.99 Å². The van der Waals surface area contributed by atoms with Crippen molar-refractivity contribution in [1.29, 1.82) is 0 Å². The first-order valence-electron chi connectivity index (χ1n) is 6.66. The van der Waals surface area contributed by atoms with E-state index in [0.29, 0.717) is 16.7 Å². The van der Waals surface area contributed by atoms with Crippen LogP contribution in [-0.2, 0) is 0 Å². The van der Waals surface area contributed by atoms with Crippen LogP contribution in [0.15, 0.2) is 62.7 Å². The minimum Gasteiger partial charge on any atom is -0.506 e. The molecule has 1 aromatic heterocycles. The second-order valence-corrected chi connectivity index (χ2v) is 4.80. The van der Waals surface area contributed by atoms with Gasteiger partial charge in [0.2, 0.25) is 0 Å². The third-order valence-electron chi connectivity index (χ3n) is 3.32. The lowest BCUT2D eigenvalue weighted by atomic mass is 10.1. The van der Waals surface area contributed by atoms with Gasteiger partial charge in [-0.25, -0.2) is 9.79 Å². The molecular formula is C17H13NO4. The maximum Gasteiger partial charge on any atom is 0.349 e. The molecule has 5 heteroatoms. The van der Waals surface area contributed by atoms with Crippen molar-refractivity contribution in [2.24, 2.45) is 4.99 Å². The Hall–Kier alpha value is -3.08. The highest BCUT2D eigenvalue weighted by atomic mass is 16.4. The number of benzene rings is 2. The van der Waals surface area contributed by atoms with Gasteiger partial charge in [0.1, 0.15) is 28.3 Å². The number of nitrogens with zero attached hydrogens (tertiary/aromatic N) is 1. The fraction of sp³-hybridized carbons (Fsp3) is 0.0588. The Labute approximate surface area is 125 Å². The zero-order chi connectivity index (χ0) is 15.7. The molecular weight excluding hydrogens is 282 g/mol. The molecule has 0 fully saturated rings. The van der Waals surface area contributed by atoms with Crippen molar-refractivity contribution < 1.29 is 14.6 Å². The number of rotatable bonds is 2. The molecule has 0 spiro atoms. The van der Waals surface area contributed by atoms with E-state index in [1.165, 1.54) is 6.07 Å². The van der Waals surface area contributed by atoms with E-state index >= 15 is 0 Å². The molecule has 22 heavy (non-hydrogen) atoms. The molecule has 0 saturated carbocycles. The van der Waals surface area contributed by atoms with Gasteiger partial charge in [-0.05, 0) is 31.2 Å². The van der Waals surface area contributed by atoms with Crippen molar-refractivity contribution >= 4 is 22.4 Å². The Kier molecular flexibility index (Phi) is 3.39. The van der Waals surface area contributed by atoms with E-state index in [4.69, 9.17) is 4.42 Å². The van der Waals surface area contributed by atoms with Crippen LogP contribution in [0, 0.1) is 0 Å². The summed E-state index contributed by atoms with van der Waals surface area (Å²) < 4.78 is 5.20. The first-order valence-corrected chi connectivity index (χ1v) is 6.66. The second kappa shape index (κ2) is 5.37. The van der Waals surface area contributed by atoms with Crippen LogP contribution < -0.4 is 5.63 Å². The predicted octanol–water partition coefficient (Wildman–Crippen LogP) is 3.34. The minimum atomic E-state index is -0.673. The Morgan fingerprint density at radius 2 is 1.73 bits per heavy atom. The van der Waals surface area contributed by atoms with Gasteiger partial charge >= 0.3 is 5.63 Å². The lowest BCUT2D eigenvalue weighted by Gasteiger charge is -2.06. The zero-order valence-electron chi connectivity index (χ0n) is 11.8. The van der Waals surface area contributed by atoms with Crippen LogP contribution in [0.4, 0.5) is 5.69 Å². The molecule has 0 atom stereocenters. The number of aliphatic imine (C=N–C) groups is 1. The van der Waals surface area contributed by atoms with Gasteiger partial charge in [0.25, 0.3) is 0 Å². The average molecular weight is 295 g/mol. The third kappa shape index (κ3) is 2.33. The number of para-hydroxylation sites is 3. The molecule has 0 aliphatic rings. The monoisotopic (exact) mass is 295 g/mol. The van der Waals surface area contributed by atoms with Crippen molar-refractivity contribution in [3.8, 4) is 11.5 Å². The molecule has 3 rings (SSSR count). The van der Waals surface area contributed by atoms with Gasteiger partial charge in [0, 0.05) is 0 Å². The largest absolute Gasteiger partial charge is 0.506 e. The van der Waals surface area contributed by atoms with Gasteiger partial charge in [0.05, 0.1) is 11.1 Å². The van der Waals surface area contributed by atoms with E-state index in [9.17, 15) is 15.0 Å². The molecule has 0 aliphatic heterocycles. The van der Waals surface area contributed by atoms with E-state index < -0.39 is 5.63 Å². The van der Waals surface area contributed by atoms with Gasteiger partial charge in [-0.15, -0.1) is 0 Å². The number of fused-ring (bicyclic) bond motifs is 1. The highest BCUT2D eigenvalue weighted by Gasteiger charge is 2.16. The van der Waals surface area contributed by atoms with E-state index in [0.717, 1.165) is 0 Å². The fourth-order valence-electron chi connectivity index (χ4n) is 2.25. The van der Waals surface area contributed by atoms with Crippen LogP contribution in [0.1, 0.15) is 12.5 Å². The van der Waals surface area contributed by atoms with Gasteiger partial charge in [-0.1, -0.05) is 24.3 Å². The zero-order valence-corrected chi connectivity index (χ0v) is 11.8. The number of aromatic hydroxyl groups is 2. The summed E-state index contributed by atoms with van der Waals surface area (Å²) in [5, 5.41) is 20.5. The summed E-state index contributed by atoms with van der Waals surface area (Å²) in [7, 11) is 0. The smallest absolute Gasteiger partial charge is 0.349 e. The molecule has 0 amide bonds. The van der Waals surface area contributed by atoms with E-state index in [1.54, 1.807) is 49.4 Å². The third-order valence-corrected chi connectivity index (χ3v) is 3.32. The van der Waals surface area contributed by atoms with Crippen LogP contribution >= 0.6 is 0 Å². The van der Waals surface area contributed by atoms with Gasteiger partial charge < -0.3 is 14.6 Å². The van der Waals surface area contributed by atoms with Crippen molar-refractivity contribution in [1.82, 2.24) is 0 Å². The predicted molar refractivity (Wildman–Crippen MR) is 84.1 cm³/mol. The van der Waals surface area contributed by atoms with Crippen LogP contribution in [0.2, 0.25) is 0 Å². The van der Waals surface area contributed by atoms with E-state index in [-0.39, 0.29) is 22.8 Å². The van der Waals surface area contributed by atoms with Crippen molar-refractivity contribution in [2.45, 2.75) is 6.92 Å². The summed E-state index contributed by atoms with van der Waals surface area (Å²) >= 11 is 0. The number of hydrogen-bond donors (Lipinski definition) is 2. The Morgan fingerprint density at radius 1 is 1.05 bits per heavy atom. The van der Waals surface area contributed by atoms with E-state index in [1.807, 2.05) is 0 Å². The molecule has 0 aliphatic carbocycles. The second-order valence-electron chi connectivity index (χ2n) is 4.80. The Morgan fingerprint density at radius 3 is 2.50 bits per heavy atom. The maximum absolute atomic E-state index is 12.1. The number of phenols is 1. The number of hydrogen-bond acceptors (Lipinski definition) is 5. The lowest BCUT2D eigenvalue weighted by molar-refractivity contribution is 0.466. The average Bonchev–Trinajstić information content (AvgIpc) is 2.49. The molecule has 2 N–H and O–H groups in total. The topological polar surface area (TPSA) is 83.0 Å². The molecule has 3 aromatic rings. The summed E-state index contributed by atoms with van der Waals surface area (Å²) in [6.45, 7) is 1.58. The van der Waals surface area contributed by atoms with Crippen LogP contribution in [0.3, 0.4) is 0 Å². The Balaban J connectivity index is 2.22. The first kappa shape index (κ1) is 13.9. The molecule has 110 valence electrons. The quantitative estimate of drug-likeness (QED) is 0.561. The summed E-state index contributed by atoms with van der Waals surface area (Å²) in [4.78, 5) is 16.3. The lowest BCUT2D eigenvalue weighted by Crippen LogP contribution is -2.12. The van der Waals surface area contributed by atoms with Crippen LogP contribution in [0.5, 0.6) is 11.5 Å². The number of phenolic OH excluding ortho intramolecular Hbond substituents is 1. The highest BCUT2D eigenvalue weighted by molar-refractivity contribution is 6.05. The SMILES string of the molecule is CC(=Nc1ccccc1O)c1c(O)c2ccccc2oc1=O. The molecule has 1 heterocycles. The molecule has 0 radical (unpaired) electrons. The van der Waals surface area contributed by atoms with Gasteiger partial charge in [0.15, 0.2) is 0 Å². The summed E-state index contributed by atoms with van der Waals surface area (Å²) in [5.74, 6) is -0.185. The standard InChI is InChI=1S/C17H13NO4/c1-10(18-12-7-3-4-8-13(12)19)15-16(20)11-6-2-5-9-14(11)22-17(15)21/h2-9,19-20H,1H3.